The van der Waals surface area contributed by atoms with Crippen LogP contribution < -0.4 is 5.32 Å². The van der Waals surface area contributed by atoms with Gasteiger partial charge in [0.2, 0.25) is 0 Å². The molecule has 0 bridgehead atoms. The van der Waals surface area contributed by atoms with Crippen LogP contribution in [-0.2, 0) is 0 Å². The molecule has 2 aromatic carbocycles. The van der Waals surface area contributed by atoms with Crippen LogP contribution in [0.4, 0.5) is 5.69 Å². The molecule has 1 aliphatic heterocycles. The van der Waals surface area contributed by atoms with Crippen LogP contribution in [0.25, 0.3) is 0 Å². The predicted molar refractivity (Wildman–Crippen MR) is 111 cm³/mol. The van der Waals surface area contributed by atoms with Crippen LogP contribution in [0.5, 0.6) is 0 Å². The number of likely N-dealkylation sites (tertiary alicyclic amines) is 1. The van der Waals surface area contributed by atoms with E-state index >= 15 is 0 Å². The summed E-state index contributed by atoms with van der Waals surface area (Å²) in [6.45, 7) is 2.42. The van der Waals surface area contributed by atoms with Crippen LogP contribution in [0.3, 0.4) is 0 Å². The number of hydrogen-bond acceptors (Lipinski definition) is 2. The van der Waals surface area contributed by atoms with Crippen LogP contribution >= 0.6 is 11.6 Å². The third-order valence-corrected chi connectivity index (χ3v) is 6.42. The van der Waals surface area contributed by atoms with Crippen LogP contribution in [0, 0.1) is 0 Å². The Morgan fingerprint density at radius 1 is 0.808 bits per heavy atom. The Hall–Kier alpha value is -1.51. The third-order valence-electron chi connectivity index (χ3n) is 6.17. The summed E-state index contributed by atoms with van der Waals surface area (Å²) < 4.78 is 0. The van der Waals surface area contributed by atoms with Crippen molar-refractivity contribution in [1.82, 2.24) is 4.90 Å². The van der Waals surface area contributed by atoms with Crippen molar-refractivity contribution < 1.29 is 0 Å². The molecule has 2 aliphatic rings. The molecule has 1 N–H and O–H groups in total. The van der Waals surface area contributed by atoms with Gasteiger partial charge in [-0.25, -0.2) is 0 Å². The van der Waals surface area contributed by atoms with E-state index in [0.717, 1.165) is 11.1 Å². The predicted octanol–water partition coefficient (Wildman–Crippen LogP) is 5.94. The van der Waals surface area contributed by atoms with Crippen LogP contribution in [-0.4, -0.2) is 30.1 Å². The molecule has 0 spiro atoms. The number of anilines is 1. The fraction of sp³-hybridized carbons (Fsp3) is 0.478. The van der Waals surface area contributed by atoms with Crippen molar-refractivity contribution in [3.63, 3.8) is 0 Å². The van der Waals surface area contributed by atoms with Crippen molar-refractivity contribution >= 4 is 17.3 Å². The zero-order valence-electron chi connectivity index (χ0n) is 15.4. The molecule has 3 heteroatoms. The van der Waals surface area contributed by atoms with E-state index in [2.05, 4.69) is 52.7 Å². The minimum absolute atomic E-state index is 0.575. The standard InChI is InChI=1S/C23H29ClN2/c24-19-10-12-20(13-11-19)25-21-14-16-26(17-15-21)23-9-5-4-8-22(23)18-6-2-1-3-7-18/h1-3,6-7,10-13,21-23,25H,4-5,8-9,14-17H2. The summed E-state index contributed by atoms with van der Waals surface area (Å²) >= 11 is 5.99. The van der Waals surface area contributed by atoms with Gasteiger partial charge >= 0.3 is 0 Å². The summed E-state index contributed by atoms with van der Waals surface area (Å²) in [7, 11) is 0. The van der Waals surface area contributed by atoms with Crippen molar-refractivity contribution in [2.45, 2.75) is 56.5 Å². The Kier molecular flexibility index (Phi) is 5.81. The lowest BCUT2D eigenvalue weighted by Gasteiger charge is -2.44. The lowest BCUT2D eigenvalue weighted by molar-refractivity contribution is 0.109. The van der Waals surface area contributed by atoms with Crippen LogP contribution in [0.1, 0.15) is 50.0 Å². The second-order valence-electron chi connectivity index (χ2n) is 7.83. The molecule has 0 amide bonds. The molecule has 1 heterocycles. The number of piperidine rings is 1. The van der Waals surface area contributed by atoms with Gasteiger partial charge in [0.25, 0.3) is 0 Å². The summed E-state index contributed by atoms with van der Waals surface area (Å²) in [4.78, 5) is 2.77. The zero-order chi connectivity index (χ0) is 17.8. The zero-order valence-corrected chi connectivity index (χ0v) is 16.2. The first-order valence-electron chi connectivity index (χ1n) is 10.1. The van der Waals surface area contributed by atoms with E-state index in [1.165, 1.54) is 57.3 Å². The maximum Gasteiger partial charge on any atom is 0.0407 e. The Bertz CT molecular complexity index is 677. The summed E-state index contributed by atoms with van der Waals surface area (Å²) in [5, 5.41) is 4.49. The molecule has 1 aliphatic carbocycles. The normalized spacial score (nSPS) is 25.1. The maximum absolute atomic E-state index is 5.99. The maximum atomic E-state index is 5.99. The second kappa shape index (κ2) is 8.45. The molecule has 2 unspecified atom stereocenters. The van der Waals surface area contributed by atoms with E-state index in [0.29, 0.717) is 12.0 Å². The molecule has 0 radical (unpaired) electrons. The fourth-order valence-electron chi connectivity index (χ4n) is 4.79. The molecule has 1 saturated carbocycles. The van der Waals surface area contributed by atoms with Crippen molar-refractivity contribution in [1.29, 1.82) is 0 Å². The van der Waals surface area contributed by atoms with Gasteiger partial charge in [-0.1, -0.05) is 54.8 Å². The summed E-state index contributed by atoms with van der Waals surface area (Å²) in [5.74, 6) is 0.714. The third kappa shape index (κ3) is 4.24. The van der Waals surface area contributed by atoms with Crippen LogP contribution in [0.2, 0.25) is 5.02 Å². The minimum atomic E-state index is 0.575. The first kappa shape index (κ1) is 17.9. The highest BCUT2D eigenvalue weighted by Gasteiger charge is 2.33. The quantitative estimate of drug-likeness (QED) is 0.718. The van der Waals surface area contributed by atoms with Gasteiger partial charge in [-0.2, -0.15) is 0 Å². The van der Waals surface area contributed by atoms with E-state index < -0.39 is 0 Å². The average molecular weight is 369 g/mol. The Labute approximate surface area is 162 Å². The molecular formula is C23H29ClN2. The van der Waals surface area contributed by atoms with Gasteiger partial charge in [0.1, 0.15) is 0 Å². The molecule has 1 saturated heterocycles. The van der Waals surface area contributed by atoms with E-state index in [-0.39, 0.29) is 0 Å². The molecule has 2 aromatic rings. The van der Waals surface area contributed by atoms with Crippen molar-refractivity contribution in [3.8, 4) is 0 Å². The molecule has 0 aromatic heterocycles. The van der Waals surface area contributed by atoms with Gasteiger partial charge < -0.3 is 5.32 Å². The Morgan fingerprint density at radius 3 is 2.23 bits per heavy atom. The summed E-state index contributed by atoms with van der Waals surface area (Å²) in [5.41, 5.74) is 2.73. The lowest BCUT2D eigenvalue weighted by Crippen LogP contribution is -2.47. The Balaban J connectivity index is 1.36. The van der Waals surface area contributed by atoms with Crippen LogP contribution in [0.15, 0.2) is 54.6 Å². The first-order chi connectivity index (χ1) is 12.8. The van der Waals surface area contributed by atoms with E-state index in [4.69, 9.17) is 11.6 Å². The Morgan fingerprint density at radius 2 is 1.50 bits per heavy atom. The highest BCUT2D eigenvalue weighted by molar-refractivity contribution is 6.30. The van der Waals surface area contributed by atoms with Gasteiger partial charge in [-0.3, -0.25) is 4.90 Å². The van der Waals surface area contributed by atoms with E-state index in [9.17, 15) is 0 Å². The molecule has 4 rings (SSSR count). The second-order valence-corrected chi connectivity index (χ2v) is 8.27. The van der Waals surface area contributed by atoms with E-state index in [1.807, 2.05) is 12.1 Å². The number of benzene rings is 2. The van der Waals surface area contributed by atoms with Gasteiger partial charge in [-0.15, -0.1) is 0 Å². The number of nitrogens with zero attached hydrogens (tertiary/aromatic N) is 1. The molecule has 2 atom stereocenters. The summed E-state index contributed by atoms with van der Waals surface area (Å²) in [6, 6.07) is 20.6. The van der Waals surface area contributed by atoms with Gasteiger partial charge in [0.05, 0.1) is 0 Å². The molecule has 138 valence electrons. The van der Waals surface area contributed by atoms with Crippen molar-refractivity contribution in [2.24, 2.45) is 0 Å². The fourth-order valence-corrected chi connectivity index (χ4v) is 4.92. The van der Waals surface area contributed by atoms with Gasteiger partial charge in [0, 0.05) is 35.9 Å². The average Bonchev–Trinajstić information content (AvgIpc) is 2.71. The van der Waals surface area contributed by atoms with Crippen molar-refractivity contribution in [2.75, 3.05) is 18.4 Å². The number of rotatable bonds is 4. The molecule has 2 nitrogen and oxygen atoms in total. The van der Waals surface area contributed by atoms with E-state index in [1.54, 1.807) is 5.56 Å². The first-order valence-corrected chi connectivity index (χ1v) is 10.5. The SMILES string of the molecule is Clc1ccc(NC2CCN(C3CCCCC3c3ccccc3)CC2)cc1. The summed E-state index contributed by atoms with van der Waals surface area (Å²) in [6.07, 6.45) is 7.91. The highest BCUT2D eigenvalue weighted by atomic mass is 35.5. The van der Waals surface area contributed by atoms with Crippen molar-refractivity contribution in [3.05, 3.63) is 65.2 Å². The largest absolute Gasteiger partial charge is 0.382 e. The lowest BCUT2D eigenvalue weighted by atomic mass is 9.78. The smallest absolute Gasteiger partial charge is 0.0407 e. The number of nitrogens with one attached hydrogen (secondary N) is 1. The molecule has 2 fully saturated rings. The number of halogens is 1. The number of hydrogen-bond donors (Lipinski definition) is 1. The van der Waals surface area contributed by atoms with Gasteiger partial charge in [-0.05, 0) is 61.4 Å². The molecule has 26 heavy (non-hydrogen) atoms. The minimum Gasteiger partial charge on any atom is -0.382 e. The topological polar surface area (TPSA) is 15.3 Å². The monoisotopic (exact) mass is 368 g/mol. The highest BCUT2D eigenvalue weighted by Crippen LogP contribution is 2.37. The van der Waals surface area contributed by atoms with Gasteiger partial charge in [0.15, 0.2) is 0 Å². The molecular weight excluding hydrogens is 340 g/mol.